The van der Waals surface area contributed by atoms with E-state index in [2.05, 4.69) is 20.4 Å². The molecule has 182 valence electrons. The highest BCUT2D eigenvalue weighted by atomic mass is 32.1. The summed E-state index contributed by atoms with van der Waals surface area (Å²) in [5.41, 5.74) is 1.16. The normalized spacial score (nSPS) is 11.2. The number of ether oxygens (including phenoxy) is 3. The Morgan fingerprint density at radius 2 is 1.94 bits per heavy atom. The Kier molecular flexibility index (Phi) is 8.21. The molecule has 3 rings (SSSR count). The zero-order valence-electron chi connectivity index (χ0n) is 19.8. The van der Waals surface area contributed by atoms with Crippen molar-refractivity contribution in [2.75, 3.05) is 26.1 Å². The van der Waals surface area contributed by atoms with E-state index in [1.54, 1.807) is 37.8 Å². The number of rotatable bonds is 10. The molecule has 0 aliphatic rings. The molecule has 1 N–H and O–H groups in total. The van der Waals surface area contributed by atoms with E-state index in [-0.39, 0.29) is 11.8 Å². The first kappa shape index (κ1) is 25.2. The Bertz CT molecular complexity index is 1130. The molecule has 0 fully saturated rings. The van der Waals surface area contributed by atoms with Crippen LogP contribution in [0.15, 0.2) is 28.1 Å². The van der Waals surface area contributed by atoms with E-state index in [1.165, 1.54) is 11.3 Å². The molecule has 34 heavy (non-hydrogen) atoms. The molecular formula is C23H28N4O6S. The number of carbonyl (C=O) groups is 2. The van der Waals surface area contributed by atoms with Gasteiger partial charge in [-0.15, -0.1) is 11.3 Å². The van der Waals surface area contributed by atoms with Gasteiger partial charge in [0.1, 0.15) is 11.5 Å². The van der Waals surface area contributed by atoms with Crippen molar-refractivity contribution in [3.63, 3.8) is 0 Å². The summed E-state index contributed by atoms with van der Waals surface area (Å²) in [6.07, 6.45) is 1.07. The predicted molar refractivity (Wildman–Crippen MR) is 126 cm³/mol. The predicted octanol–water partition coefficient (Wildman–Crippen LogP) is 4.01. The summed E-state index contributed by atoms with van der Waals surface area (Å²) in [7, 11) is 3.15. The molecule has 1 amide bonds. The minimum atomic E-state index is -0.480. The molecule has 2 aromatic heterocycles. The summed E-state index contributed by atoms with van der Waals surface area (Å²) < 4.78 is 20.9. The molecule has 2 heterocycles. The average molecular weight is 489 g/mol. The maximum absolute atomic E-state index is 12.2. The van der Waals surface area contributed by atoms with Gasteiger partial charge < -0.3 is 18.7 Å². The number of amides is 1. The van der Waals surface area contributed by atoms with Gasteiger partial charge >= 0.3 is 5.97 Å². The molecule has 0 radical (unpaired) electrons. The van der Waals surface area contributed by atoms with Crippen LogP contribution >= 0.6 is 11.3 Å². The second-order valence-electron chi connectivity index (χ2n) is 8.43. The van der Waals surface area contributed by atoms with Crippen LogP contribution in [0.1, 0.15) is 45.3 Å². The number of carbonyl (C=O) groups excluding carboxylic acids is 2. The van der Waals surface area contributed by atoms with Crippen LogP contribution in [0.3, 0.4) is 0 Å². The highest BCUT2D eigenvalue weighted by molar-refractivity contribution is 7.14. The molecule has 0 spiro atoms. The van der Waals surface area contributed by atoms with Crippen LogP contribution in [0.25, 0.3) is 11.3 Å². The second kappa shape index (κ2) is 11.1. The van der Waals surface area contributed by atoms with Gasteiger partial charge in [0.25, 0.3) is 5.91 Å². The minimum absolute atomic E-state index is 0.136. The van der Waals surface area contributed by atoms with Crippen molar-refractivity contribution < 1.29 is 28.3 Å². The number of hydrogen-bond donors (Lipinski definition) is 1. The van der Waals surface area contributed by atoms with Crippen LogP contribution in [0.5, 0.6) is 11.5 Å². The number of aryl methyl sites for hydroxylation is 1. The largest absolute Gasteiger partial charge is 0.497 e. The number of methoxy groups -OCH3 is 2. The number of aromatic nitrogens is 3. The van der Waals surface area contributed by atoms with Crippen molar-refractivity contribution in [2.45, 2.75) is 45.4 Å². The summed E-state index contributed by atoms with van der Waals surface area (Å²) in [6, 6.07) is 5.38. The molecule has 3 aromatic rings. The number of benzene rings is 1. The standard InChI is InChI=1S/C23H28N4O6S/c1-23(2,3)21-26-19(33-27-21)7-6-8-20(29)32-12-18(28)25-22-24-16(13-34-22)15-11-14(30-4)9-10-17(15)31-5/h9-11,13H,6-8,12H2,1-5H3,(H,24,25,28). The molecule has 0 aliphatic heterocycles. The van der Waals surface area contributed by atoms with E-state index in [9.17, 15) is 9.59 Å². The van der Waals surface area contributed by atoms with Crippen molar-refractivity contribution in [1.82, 2.24) is 15.1 Å². The lowest BCUT2D eigenvalue weighted by Crippen LogP contribution is -2.20. The van der Waals surface area contributed by atoms with E-state index < -0.39 is 18.5 Å². The topological polar surface area (TPSA) is 126 Å². The fourth-order valence-corrected chi connectivity index (χ4v) is 3.61. The molecule has 0 aliphatic carbocycles. The summed E-state index contributed by atoms with van der Waals surface area (Å²) in [5, 5.41) is 8.76. The van der Waals surface area contributed by atoms with Gasteiger partial charge in [-0.2, -0.15) is 4.98 Å². The van der Waals surface area contributed by atoms with Crippen molar-refractivity contribution in [1.29, 1.82) is 0 Å². The highest BCUT2D eigenvalue weighted by Gasteiger charge is 2.21. The second-order valence-corrected chi connectivity index (χ2v) is 9.29. The fraction of sp³-hybridized carbons (Fsp3) is 0.435. The van der Waals surface area contributed by atoms with Crippen LogP contribution < -0.4 is 14.8 Å². The Morgan fingerprint density at radius 1 is 1.15 bits per heavy atom. The van der Waals surface area contributed by atoms with Gasteiger partial charge in [0.05, 0.1) is 19.9 Å². The number of nitrogens with zero attached hydrogens (tertiary/aromatic N) is 3. The monoisotopic (exact) mass is 488 g/mol. The molecular weight excluding hydrogens is 460 g/mol. The average Bonchev–Trinajstić information content (AvgIpc) is 3.47. The van der Waals surface area contributed by atoms with Gasteiger partial charge in [-0.1, -0.05) is 25.9 Å². The number of esters is 1. The van der Waals surface area contributed by atoms with Crippen molar-refractivity contribution in [3.05, 3.63) is 35.3 Å². The smallest absolute Gasteiger partial charge is 0.306 e. The maximum atomic E-state index is 12.2. The molecule has 1 aromatic carbocycles. The first-order valence-electron chi connectivity index (χ1n) is 10.7. The maximum Gasteiger partial charge on any atom is 0.306 e. The Labute approximate surface area is 201 Å². The number of thiazole rings is 1. The zero-order chi connectivity index (χ0) is 24.7. The van der Waals surface area contributed by atoms with E-state index in [0.717, 1.165) is 5.56 Å². The fourth-order valence-electron chi connectivity index (χ4n) is 2.89. The lowest BCUT2D eigenvalue weighted by molar-refractivity contribution is -0.147. The Morgan fingerprint density at radius 3 is 2.62 bits per heavy atom. The van der Waals surface area contributed by atoms with E-state index in [4.69, 9.17) is 18.7 Å². The lowest BCUT2D eigenvalue weighted by atomic mass is 9.96. The van der Waals surface area contributed by atoms with E-state index >= 15 is 0 Å². The van der Waals surface area contributed by atoms with Crippen LogP contribution in [-0.2, 0) is 26.2 Å². The zero-order valence-corrected chi connectivity index (χ0v) is 20.7. The molecule has 10 nitrogen and oxygen atoms in total. The quantitative estimate of drug-likeness (QED) is 0.421. The molecule has 0 bridgehead atoms. The van der Waals surface area contributed by atoms with Gasteiger partial charge in [0, 0.05) is 29.2 Å². The molecule has 11 heteroatoms. The van der Waals surface area contributed by atoms with Gasteiger partial charge in [0.2, 0.25) is 5.89 Å². The summed E-state index contributed by atoms with van der Waals surface area (Å²) in [6.45, 7) is 5.58. The number of anilines is 1. The third-order valence-electron chi connectivity index (χ3n) is 4.71. The summed E-state index contributed by atoms with van der Waals surface area (Å²) >= 11 is 1.25. The van der Waals surface area contributed by atoms with E-state index in [1.807, 2.05) is 20.8 Å². The van der Waals surface area contributed by atoms with Crippen LogP contribution in [-0.4, -0.2) is 47.8 Å². The molecule has 0 saturated carbocycles. The van der Waals surface area contributed by atoms with Crippen LogP contribution in [0.4, 0.5) is 5.13 Å². The van der Waals surface area contributed by atoms with Gasteiger partial charge in [0.15, 0.2) is 17.6 Å². The minimum Gasteiger partial charge on any atom is -0.497 e. The number of nitrogens with one attached hydrogen (secondary N) is 1. The Balaban J connectivity index is 1.44. The SMILES string of the molecule is COc1ccc(OC)c(-c2csc(NC(=O)COC(=O)CCCc3nc(C(C)(C)C)no3)n2)c1. The molecule has 0 atom stereocenters. The van der Waals surface area contributed by atoms with Gasteiger partial charge in [-0.05, 0) is 24.6 Å². The highest BCUT2D eigenvalue weighted by Crippen LogP contribution is 2.35. The number of hydrogen-bond acceptors (Lipinski definition) is 10. The third-order valence-corrected chi connectivity index (χ3v) is 5.47. The molecule has 0 saturated heterocycles. The summed E-state index contributed by atoms with van der Waals surface area (Å²) in [4.78, 5) is 32.9. The first-order valence-corrected chi connectivity index (χ1v) is 11.5. The van der Waals surface area contributed by atoms with Crippen molar-refractivity contribution in [3.8, 4) is 22.8 Å². The third kappa shape index (κ3) is 6.77. The Hall–Kier alpha value is -3.47. The first-order chi connectivity index (χ1) is 16.2. The van der Waals surface area contributed by atoms with Crippen molar-refractivity contribution >= 4 is 28.3 Å². The lowest BCUT2D eigenvalue weighted by Gasteiger charge is -2.10. The van der Waals surface area contributed by atoms with Crippen LogP contribution in [0.2, 0.25) is 0 Å². The van der Waals surface area contributed by atoms with Crippen molar-refractivity contribution in [2.24, 2.45) is 0 Å². The van der Waals surface area contributed by atoms with Gasteiger partial charge in [-0.25, -0.2) is 4.98 Å². The molecule has 0 unspecified atom stereocenters. The van der Waals surface area contributed by atoms with E-state index in [0.29, 0.717) is 46.9 Å². The van der Waals surface area contributed by atoms with Crippen LogP contribution in [0, 0.1) is 0 Å². The summed E-state index contributed by atoms with van der Waals surface area (Å²) in [5.74, 6) is 1.44. The van der Waals surface area contributed by atoms with Gasteiger partial charge in [-0.3, -0.25) is 14.9 Å².